The van der Waals surface area contributed by atoms with E-state index in [0.717, 1.165) is 29.5 Å². The Morgan fingerprint density at radius 2 is 2.29 bits per heavy atom. The molecular formula is C19H25N3O4S2. The zero-order valence-electron chi connectivity index (χ0n) is 15.9. The SMILES string of the molecule is C[C@@H]1OCC[C@]1(O)CNC(=O)CSCc1nc2sc3c(c2c(=O)[nH]1)CCCC3. The molecule has 2 aromatic heterocycles. The number of hydrogen-bond donors (Lipinski definition) is 3. The van der Waals surface area contributed by atoms with Crippen LogP contribution in [0, 0.1) is 0 Å². The molecular weight excluding hydrogens is 398 g/mol. The molecule has 1 fully saturated rings. The van der Waals surface area contributed by atoms with Crippen LogP contribution in [0.1, 0.15) is 42.5 Å². The van der Waals surface area contributed by atoms with E-state index >= 15 is 0 Å². The largest absolute Gasteiger partial charge is 0.385 e. The van der Waals surface area contributed by atoms with Crippen molar-refractivity contribution in [1.29, 1.82) is 0 Å². The maximum atomic E-state index is 12.5. The second kappa shape index (κ2) is 8.14. The molecule has 9 heteroatoms. The van der Waals surface area contributed by atoms with Crippen LogP contribution in [0.25, 0.3) is 10.2 Å². The summed E-state index contributed by atoms with van der Waals surface area (Å²) >= 11 is 3.03. The van der Waals surface area contributed by atoms with Gasteiger partial charge < -0.3 is 20.1 Å². The van der Waals surface area contributed by atoms with Crippen LogP contribution < -0.4 is 10.9 Å². The van der Waals surface area contributed by atoms with Crippen LogP contribution in [0.2, 0.25) is 0 Å². The van der Waals surface area contributed by atoms with Crippen LogP contribution in [0.15, 0.2) is 4.79 Å². The number of nitrogens with one attached hydrogen (secondary N) is 2. The van der Waals surface area contributed by atoms with Gasteiger partial charge in [0.1, 0.15) is 16.3 Å². The van der Waals surface area contributed by atoms with Gasteiger partial charge in [0.25, 0.3) is 5.56 Å². The third kappa shape index (κ3) is 3.98. The Labute approximate surface area is 171 Å². The summed E-state index contributed by atoms with van der Waals surface area (Å²) in [7, 11) is 0. The molecule has 3 heterocycles. The van der Waals surface area contributed by atoms with E-state index in [0.29, 0.717) is 24.6 Å². The van der Waals surface area contributed by atoms with Crippen molar-refractivity contribution in [3.8, 4) is 0 Å². The smallest absolute Gasteiger partial charge is 0.259 e. The number of aromatic nitrogens is 2. The molecule has 4 rings (SSSR count). The monoisotopic (exact) mass is 423 g/mol. The maximum absolute atomic E-state index is 12.5. The van der Waals surface area contributed by atoms with Gasteiger partial charge in [-0.05, 0) is 38.2 Å². The Morgan fingerprint density at radius 1 is 1.46 bits per heavy atom. The van der Waals surface area contributed by atoms with Gasteiger partial charge in [0.05, 0.1) is 23.0 Å². The fraction of sp³-hybridized carbons (Fsp3) is 0.632. The molecule has 0 bridgehead atoms. The molecule has 0 radical (unpaired) electrons. The first-order valence-corrected chi connectivity index (χ1v) is 11.7. The lowest BCUT2D eigenvalue weighted by atomic mass is 9.97. The fourth-order valence-electron chi connectivity index (χ4n) is 3.82. The number of thiophene rings is 1. The van der Waals surface area contributed by atoms with Crippen LogP contribution in [-0.2, 0) is 28.1 Å². The predicted octanol–water partition coefficient (Wildman–Crippen LogP) is 1.75. The second-order valence-electron chi connectivity index (χ2n) is 7.54. The fourth-order valence-corrected chi connectivity index (χ4v) is 5.82. The van der Waals surface area contributed by atoms with Crippen LogP contribution in [0.5, 0.6) is 0 Å². The number of amides is 1. The third-order valence-corrected chi connectivity index (χ3v) is 7.73. The van der Waals surface area contributed by atoms with Crippen LogP contribution >= 0.6 is 23.1 Å². The van der Waals surface area contributed by atoms with Crippen molar-refractivity contribution in [2.45, 2.75) is 56.5 Å². The summed E-state index contributed by atoms with van der Waals surface area (Å²) < 4.78 is 5.37. The minimum Gasteiger partial charge on any atom is -0.385 e. The number of fused-ring (bicyclic) bond motifs is 3. The number of thioether (sulfide) groups is 1. The topological polar surface area (TPSA) is 104 Å². The molecule has 2 aliphatic rings. The molecule has 3 N–H and O–H groups in total. The van der Waals surface area contributed by atoms with Crippen molar-refractivity contribution in [3.63, 3.8) is 0 Å². The molecule has 1 saturated heterocycles. The van der Waals surface area contributed by atoms with Crippen LogP contribution in [-0.4, -0.2) is 51.6 Å². The first kappa shape index (κ1) is 19.9. The van der Waals surface area contributed by atoms with E-state index in [9.17, 15) is 14.7 Å². The van der Waals surface area contributed by atoms with Gasteiger partial charge in [-0.2, -0.15) is 0 Å². The van der Waals surface area contributed by atoms with Gasteiger partial charge in [-0.25, -0.2) is 4.98 Å². The Kier molecular flexibility index (Phi) is 5.78. The van der Waals surface area contributed by atoms with E-state index in [1.54, 1.807) is 11.3 Å². The normalized spacial score (nSPS) is 24.4. The Hall–Kier alpha value is -1.42. The van der Waals surface area contributed by atoms with Gasteiger partial charge in [-0.15, -0.1) is 23.1 Å². The molecule has 2 aromatic rings. The van der Waals surface area contributed by atoms with Crippen molar-refractivity contribution in [3.05, 3.63) is 26.6 Å². The standard InChI is InChI=1S/C19H25N3O4S2/c1-11-19(25,6-7-26-11)10-20-15(23)9-27-8-14-21-17(24)16-12-4-2-3-5-13(12)28-18(16)22-14/h11,25H,2-10H2,1H3,(H,20,23)(H,21,22,24)/t11-,19-/m0/s1. The summed E-state index contributed by atoms with van der Waals surface area (Å²) in [6.07, 6.45) is 4.55. The van der Waals surface area contributed by atoms with Crippen molar-refractivity contribution in [2.24, 2.45) is 0 Å². The lowest BCUT2D eigenvalue weighted by Gasteiger charge is -2.26. The number of aryl methyl sites for hydroxylation is 2. The third-order valence-electron chi connectivity index (χ3n) is 5.60. The van der Waals surface area contributed by atoms with Crippen LogP contribution in [0.4, 0.5) is 0 Å². The minimum atomic E-state index is -0.990. The number of hydrogen-bond acceptors (Lipinski definition) is 7. The molecule has 28 heavy (non-hydrogen) atoms. The van der Waals surface area contributed by atoms with Crippen molar-refractivity contribution in [2.75, 3.05) is 18.9 Å². The summed E-state index contributed by atoms with van der Waals surface area (Å²) in [6, 6.07) is 0. The Bertz CT molecular complexity index is 941. The Balaban J connectivity index is 1.33. The zero-order valence-corrected chi connectivity index (χ0v) is 17.5. The first-order valence-electron chi connectivity index (χ1n) is 9.68. The van der Waals surface area contributed by atoms with Crippen molar-refractivity contribution in [1.82, 2.24) is 15.3 Å². The minimum absolute atomic E-state index is 0.0677. The van der Waals surface area contributed by atoms with Gasteiger partial charge >= 0.3 is 0 Å². The highest BCUT2D eigenvalue weighted by Crippen LogP contribution is 2.33. The first-order chi connectivity index (χ1) is 13.5. The van der Waals surface area contributed by atoms with E-state index in [4.69, 9.17) is 4.74 Å². The van der Waals surface area contributed by atoms with Gasteiger partial charge in [0, 0.05) is 24.4 Å². The maximum Gasteiger partial charge on any atom is 0.259 e. The number of ether oxygens (including phenoxy) is 1. The summed E-state index contributed by atoms with van der Waals surface area (Å²) in [5.41, 5.74) is 0.125. The number of nitrogens with zero attached hydrogens (tertiary/aromatic N) is 1. The van der Waals surface area contributed by atoms with E-state index in [-0.39, 0.29) is 29.9 Å². The van der Waals surface area contributed by atoms with E-state index < -0.39 is 5.60 Å². The molecule has 2 atom stereocenters. The summed E-state index contributed by atoms with van der Waals surface area (Å²) in [5, 5.41) is 14.0. The summed E-state index contributed by atoms with van der Waals surface area (Å²) in [6.45, 7) is 2.51. The van der Waals surface area contributed by atoms with Crippen molar-refractivity contribution < 1.29 is 14.6 Å². The number of carbonyl (C=O) groups is 1. The van der Waals surface area contributed by atoms with Crippen LogP contribution in [0.3, 0.4) is 0 Å². The van der Waals surface area contributed by atoms with Gasteiger partial charge in [-0.3, -0.25) is 9.59 Å². The number of H-pyrrole nitrogens is 1. The lowest BCUT2D eigenvalue weighted by molar-refractivity contribution is -0.120. The predicted molar refractivity (Wildman–Crippen MR) is 111 cm³/mol. The molecule has 0 aromatic carbocycles. The number of carbonyl (C=O) groups excluding carboxylic acids is 1. The average molecular weight is 424 g/mol. The molecule has 0 unspecified atom stereocenters. The second-order valence-corrected chi connectivity index (χ2v) is 9.61. The van der Waals surface area contributed by atoms with Crippen molar-refractivity contribution >= 4 is 39.2 Å². The molecule has 7 nitrogen and oxygen atoms in total. The quantitative estimate of drug-likeness (QED) is 0.654. The average Bonchev–Trinajstić information content (AvgIpc) is 3.20. The molecule has 0 saturated carbocycles. The molecule has 0 spiro atoms. The number of aromatic amines is 1. The summed E-state index contributed by atoms with van der Waals surface area (Å²) in [4.78, 5) is 34.2. The van der Waals surface area contributed by atoms with E-state index in [1.165, 1.54) is 28.6 Å². The summed E-state index contributed by atoms with van der Waals surface area (Å²) in [5.74, 6) is 1.16. The van der Waals surface area contributed by atoms with Gasteiger partial charge in [-0.1, -0.05) is 0 Å². The molecule has 1 amide bonds. The van der Waals surface area contributed by atoms with E-state index in [1.807, 2.05) is 6.92 Å². The Morgan fingerprint density at radius 3 is 3.07 bits per heavy atom. The van der Waals surface area contributed by atoms with Gasteiger partial charge in [0.15, 0.2) is 0 Å². The van der Waals surface area contributed by atoms with E-state index in [2.05, 4.69) is 15.3 Å². The van der Waals surface area contributed by atoms with Gasteiger partial charge in [0.2, 0.25) is 5.91 Å². The highest BCUT2D eigenvalue weighted by atomic mass is 32.2. The molecule has 1 aliphatic heterocycles. The highest BCUT2D eigenvalue weighted by Gasteiger charge is 2.39. The molecule has 1 aliphatic carbocycles. The lowest BCUT2D eigenvalue weighted by Crippen LogP contribution is -2.47. The number of aliphatic hydroxyl groups is 1. The number of rotatable bonds is 6. The highest BCUT2D eigenvalue weighted by molar-refractivity contribution is 7.99. The zero-order chi connectivity index (χ0) is 19.7. The molecule has 152 valence electrons.